The summed E-state index contributed by atoms with van der Waals surface area (Å²) in [7, 11) is 1.67. The molecule has 1 aliphatic heterocycles. The fourth-order valence-electron chi connectivity index (χ4n) is 2.64. The van der Waals surface area contributed by atoms with Crippen LogP contribution in [0.4, 0.5) is 0 Å². The van der Waals surface area contributed by atoms with E-state index in [9.17, 15) is 4.79 Å². The standard InChI is InChI=1S/C13H26N2O3/c1-4-11-10-14-7-6-13(11,12(16)18-5-2)15-8-9-17-3/h11,14-15H,4-10H2,1-3H3. The van der Waals surface area contributed by atoms with Crippen LogP contribution in [-0.4, -0.2) is 51.5 Å². The van der Waals surface area contributed by atoms with E-state index in [4.69, 9.17) is 9.47 Å². The Balaban J connectivity index is 2.79. The molecule has 5 nitrogen and oxygen atoms in total. The molecular weight excluding hydrogens is 232 g/mol. The average molecular weight is 258 g/mol. The monoisotopic (exact) mass is 258 g/mol. The summed E-state index contributed by atoms with van der Waals surface area (Å²) in [6, 6.07) is 0. The van der Waals surface area contributed by atoms with Crippen LogP contribution in [0.5, 0.6) is 0 Å². The number of hydrogen-bond acceptors (Lipinski definition) is 5. The number of hydrogen-bond donors (Lipinski definition) is 2. The quantitative estimate of drug-likeness (QED) is 0.516. The molecule has 0 spiro atoms. The fraction of sp³-hybridized carbons (Fsp3) is 0.923. The van der Waals surface area contributed by atoms with Gasteiger partial charge in [0.25, 0.3) is 0 Å². The summed E-state index contributed by atoms with van der Waals surface area (Å²) in [6.45, 7) is 7.37. The van der Waals surface area contributed by atoms with E-state index in [1.807, 2.05) is 6.92 Å². The number of carbonyl (C=O) groups is 1. The molecule has 0 saturated carbocycles. The summed E-state index contributed by atoms with van der Waals surface area (Å²) >= 11 is 0. The number of piperidine rings is 1. The molecule has 1 heterocycles. The highest BCUT2D eigenvalue weighted by atomic mass is 16.5. The molecule has 0 aromatic heterocycles. The number of carbonyl (C=O) groups excluding carboxylic acids is 1. The van der Waals surface area contributed by atoms with E-state index in [2.05, 4.69) is 17.6 Å². The third-order valence-corrected chi connectivity index (χ3v) is 3.66. The van der Waals surface area contributed by atoms with Gasteiger partial charge >= 0.3 is 5.97 Å². The summed E-state index contributed by atoms with van der Waals surface area (Å²) in [5, 5.41) is 6.73. The number of rotatable bonds is 7. The molecule has 0 aliphatic carbocycles. The summed E-state index contributed by atoms with van der Waals surface area (Å²) < 4.78 is 10.3. The Hall–Kier alpha value is -0.650. The Kier molecular flexibility index (Phi) is 6.60. The first-order valence-electron chi connectivity index (χ1n) is 6.83. The van der Waals surface area contributed by atoms with Gasteiger partial charge in [-0.05, 0) is 26.3 Å². The molecule has 2 atom stereocenters. The lowest BCUT2D eigenvalue weighted by Gasteiger charge is -2.42. The zero-order chi connectivity index (χ0) is 13.4. The van der Waals surface area contributed by atoms with Crippen molar-refractivity contribution in [3.8, 4) is 0 Å². The van der Waals surface area contributed by atoms with Crippen LogP contribution in [0.15, 0.2) is 0 Å². The Morgan fingerprint density at radius 2 is 2.28 bits per heavy atom. The second kappa shape index (κ2) is 7.71. The van der Waals surface area contributed by atoms with Crippen LogP contribution in [0.3, 0.4) is 0 Å². The molecule has 0 aromatic rings. The molecule has 1 aliphatic rings. The molecule has 0 amide bonds. The van der Waals surface area contributed by atoms with E-state index >= 15 is 0 Å². The predicted octanol–water partition coefficient (Wildman–Crippen LogP) is 0.544. The smallest absolute Gasteiger partial charge is 0.326 e. The number of ether oxygens (including phenoxy) is 2. The molecule has 1 saturated heterocycles. The van der Waals surface area contributed by atoms with E-state index < -0.39 is 5.54 Å². The van der Waals surface area contributed by atoms with Crippen LogP contribution in [-0.2, 0) is 14.3 Å². The summed E-state index contributed by atoms with van der Waals surface area (Å²) in [6.07, 6.45) is 1.72. The van der Waals surface area contributed by atoms with Crippen LogP contribution < -0.4 is 10.6 Å². The Morgan fingerprint density at radius 1 is 1.50 bits per heavy atom. The highest BCUT2D eigenvalue weighted by Gasteiger charge is 2.47. The number of nitrogens with one attached hydrogen (secondary N) is 2. The van der Waals surface area contributed by atoms with Gasteiger partial charge in [0, 0.05) is 26.1 Å². The highest BCUT2D eigenvalue weighted by molar-refractivity contribution is 5.81. The molecule has 106 valence electrons. The number of methoxy groups -OCH3 is 1. The molecular formula is C13H26N2O3. The van der Waals surface area contributed by atoms with Gasteiger partial charge < -0.3 is 14.8 Å². The Morgan fingerprint density at radius 3 is 2.89 bits per heavy atom. The first kappa shape index (κ1) is 15.4. The van der Waals surface area contributed by atoms with E-state index in [0.717, 1.165) is 25.9 Å². The van der Waals surface area contributed by atoms with Crippen LogP contribution in [0.2, 0.25) is 0 Å². The molecule has 1 rings (SSSR count). The van der Waals surface area contributed by atoms with Crippen LogP contribution in [0.25, 0.3) is 0 Å². The van der Waals surface area contributed by atoms with Crippen molar-refractivity contribution >= 4 is 5.97 Å². The molecule has 2 unspecified atom stereocenters. The topological polar surface area (TPSA) is 59.6 Å². The van der Waals surface area contributed by atoms with Crippen molar-refractivity contribution in [1.29, 1.82) is 0 Å². The molecule has 1 fully saturated rings. The van der Waals surface area contributed by atoms with Gasteiger partial charge in [0.2, 0.25) is 0 Å². The van der Waals surface area contributed by atoms with Gasteiger partial charge in [-0.1, -0.05) is 6.92 Å². The summed E-state index contributed by atoms with van der Waals surface area (Å²) in [4.78, 5) is 12.3. The van der Waals surface area contributed by atoms with Crippen molar-refractivity contribution in [2.24, 2.45) is 5.92 Å². The van der Waals surface area contributed by atoms with Gasteiger partial charge in [0.1, 0.15) is 5.54 Å². The SMILES string of the molecule is CCOC(=O)C1(NCCOC)CCNCC1CC. The van der Waals surface area contributed by atoms with Crippen molar-refractivity contribution < 1.29 is 14.3 Å². The maximum atomic E-state index is 12.3. The third kappa shape index (κ3) is 3.43. The summed E-state index contributed by atoms with van der Waals surface area (Å²) in [5.41, 5.74) is -0.547. The highest BCUT2D eigenvalue weighted by Crippen LogP contribution is 2.28. The van der Waals surface area contributed by atoms with Crippen molar-refractivity contribution in [3.63, 3.8) is 0 Å². The molecule has 0 bridgehead atoms. The summed E-state index contributed by atoms with van der Waals surface area (Å²) in [5.74, 6) is 0.150. The maximum Gasteiger partial charge on any atom is 0.326 e. The van der Waals surface area contributed by atoms with Gasteiger partial charge in [-0.15, -0.1) is 0 Å². The van der Waals surface area contributed by atoms with Gasteiger partial charge in [0.15, 0.2) is 0 Å². The normalized spacial score (nSPS) is 28.1. The van der Waals surface area contributed by atoms with Gasteiger partial charge in [-0.2, -0.15) is 0 Å². The lowest BCUT2D eigenvalue weighted by atomic mass is 9.76. The molecule has 0 aromatic carbocycles. The van der Waals surface area contributed by atoms with E-state index in [1.165, 1.54) is 0 Å². The molecule has 0 radical (unpaired) electrons. The second-order valence-electron chi connectivity index (χ2n) is 4.67. The van der Waals surface area contributed by atoms with Crippen LogP contribution in [0.1, 0.15) is 26.7 Å². The second-order valence-corrected chi connectivity index (χ2v) is 4.67. The van der Waals surface area contributed by atoms with E-state index in [0.29, 0.717) is 19.8 Å². The van der Waals surface area contributed by atoms with E-state index in [1.54, 1.807) is 7.11 Å². The molecule has 18 heavy (non-hydrogen) atoms. The van der Waals surface area contributed by atoms with Crippen molar-refractivity contribution in [2.45, 2.75) is 32.2 Å². The Labute approximate surface area is 110 Å². The zero-order valence-electron chi connectivity index (χ0n) is 11.8. The van der Waals surface area contributed by atoms with Crippen molar-refractivity contribution in [1.82, 2.24) is 10.6 Å². The van der Waals surface area contributed by atoms with Crippen LogP contribution >= 0.6 is 0 Å². The zero-order valence-corrected chi connectivity index (χ0v) is 11.8. The van der Waals surface area contributed by atoms with Gasteiger partial charge in [-0.25, -0.2) is 0 Å². The van der Waals surface area contributed by atoms with Gasteiger partial charge in [-0.3, -0.25) is 10.1 Å². The van der Waals surface area contributed by atoms with E-state index in [-0.39, 0.29) is 11.9 Å². The minimum Gasteiger partial charge on any atom is -0.465 e. The first-order valence-corrected chi connectivity index (χ1v) is 6.83. The first-order chi connectivity index (χ1) is 8.71. The lowest BCUT2D eigenvalue weighted by Crippen LogP contribution is -2.64. The largest absolute Gasteiger partial charge is 0.465 e. The van der Waals surface area contributed by atoms with Crippen molar-refractivity contribution in [3.05, 3.63) is 0 Å². The molecule has 2 N–H and O–H groups in total. The maximum absolute atomic E-state index is 12.3. The van der Waals surface area contributed by atoms with Crippen LogP contribution in [0, 0.1) is 5.92 Å². The minimum absolute atomic E-state index is 0.116. The average Bonchev–Trinajstić information content (AvgIpc) is 2.39. The Bertz CT molecular complexity index is 261. The third-order valence-electron chi connectivity index (χ3n) is 3.66. The van der Waals surface area contributed by atoms with Gasteiger partial charge in [0.05, 0.1) is 13.2 Å². The number of esters is 1. The minimum atomic E-state index is -0.547. The van der Waals surface area contributed by atoms with Crippen molar-refractivity contribution in [2.75, 3.05) is 40.0 Å². The lowest BCUT2D eigenvalue weighted by molar-refractivity contribution is -0.155. The predicted molar refractivity (Wildman–Crippen MR) is 70.5 cm³/mol. The fourth-order valence-corrected chi connectivity index (χ4v) is 2.64. The molecule has 5 heteroatoms.